The van der Waals surface area contributed by atoms with Crippen LogP contribution in [0.25, 0.3) is 0 Å². The van der Waals surface area contributed by atoms with E-state index >= 15 is 4.79 Å². The molecule has 6 atom stereocenters. The van der Waals surface area contributed by atoms with Crippen molar-refractivity contribution in [3.05, 3.63) is 108 Å². The zero-order valence-electron chi connectivity index (χ0n) is 44.5. The molecular formula is C60H83N3O11. The van der Waals surface area contributed by atoms with Gasteiger partial charge < -0.3 is 48.8 Å². The number of oxime groups is 1. The Bertz CT molecular complexity index is 2330. The highest BCUT2D eigenvalue weighted by Crippen LogP contribution is 2.62. The molecule has 3 N–H and O–H groups in total. The van der Waals surface area contributed by atoms with Gasteiger partial charge in [0.25, 0.3) is 0 Å². The molecule has 0 unspecified atom stereocenters. The maximum atomic E-state index is 15.2. The molecule has 2 heterocycles. The van der Waals surface area contributed by atoms with Crippen molar-refractivity contribution in [2.75, 3.05) is 33.2 Å². The summed E-state index contributed by atoms with van der Waals surface area (Å²) >= 11 is 0. The lowest BCUT2D eigenvalue weighted by Gasteiger charge is -2.60. The molecule has 4 aliphatic rings. The van der Waals surface area contributed by atoms with Gasteiger partial charge in [-0.2, -0.15) is 0 Å². The van der Waals surface area contributed by atoms with Crippen LogP contribution in [0, 0.1) is 17.8 Å². The summed E-state index contributed by atoms with van der Waals surface area (Å²) in [5, 5.41) is 28.0. The molecule has 0 radical (unpaired) electrons. The quantitative estimate of drug-likeness (QED) is 0.0344. The van der Waals surface area contributed by atoms with Crippen LogP contribution in [0.4, 0.5) is 9.59 Å². The SMILES string of the molecule is C=CCO[C@@]12Oc3ccc(OC(=O)NCc4ccccc4)cc3[C@H]3[C@H](CCCCO)[C@@H](CCCCO)C=C(C(=NOC(C)(C)C)C[C@@H]1N(Cc1ccc4c(c1)OCO4)C(=O)OCCCCCCCCCCCC)[C@H]32. The summed E-state index contributed by atoms with van der Waals surface area (Å²) in [6, 6.07) is 20.0. The minimum absolute atomic E-state index is 0.00504. The van der Waals surface area contributed by atoms with E-state index < -0.39 is 35.5 Å². The number of unbranched alkanes of at least 4 members (excludes halogenated alkanes) is 11. The Morgan fingerprint density at radius 1 is 0.838 bits per heavy atom. The normalized spacial score (nSPS) is 21.9. The summed E-state index contributed by atoms with van der Waals surface area (Å²) in [5.74, 6) is -0.393. The van der Waals surface area contributed by atoms with Crippen LogP contribution in [0.2, 0.25) is 0 Å². The molecule has 2 amide bonds. The predicted octanol–water partition coefficient (Wildman–Crippen LogP) is 12.7. The zero-order valence-corrected chi connectivity index (χ0v) is 44.5. The molecule has 14 nitrogen and oxygen atoms in total. The van der Waals surface area contributed by atoms with Gasteiger partial charge in [-0.25, -0.2) is 9.59 Å². The van der Waals surface area contributed by atoms with E-state index in [0.717, 1.165) is 73.6 Å². The summed E-state index contributed by atoms with van der Waals surface area (Å²) in [7, 11) is 0. The van der Waals surface area contributed by atoms with Crippen molar-refractivity contribution < 1.29 is 53.1 Å². The van der Waals surface area contributed by atoms with Gasteiger partial charge in [-0.1, -0.05) is 131 Å². The zero-order chi connectivity index (χ0) is 52.3. The Labute approximate surface area is 439 Å². The average Bonchev–Trinajstić information content (AvgIpc) is 3.91. The third-order valence-corrected chi connectivity index (χ3v) is 14.7. The van der Waals surface area contributed by atoms with Crippen molar-refractivity contribution in [2.24, 2.45) is 22.9 Å². The Hall–Kier alpha value is -5.57. The first-order valence-corrected chi connectivity index (χ1v) is 27.6. The van der Waals surface area contributed by atoms with Gasteiger partial charge in [0.2, 0.25) is 12.6 Å². The van der Waals surface area contributed by atoms with E-state index in [1.165, 1.54) is 38.5 Å². The van der Waals surface area contributed by atoms with E-state index in [9.17, 15) is 15.0 Å². The number of hydrogen-bond acceptors (Lipinski definition) is 12. The summed E-state index contributed by atoms with van der Waals surface area (Å²) in [5.41, 5.74) is 3.47. The number of amides is 2. The minimum Gasteiger partial charge on any atom is -0.459 e. The summed E-state index contributed by atoms with van der Waals surface area (Å²) in [6.45, 7) is 13.2. The molecule has 1 saturated carbocycles. The molecule has 14 heteroatoms. The van der Waals surface area contributed by atoms with Gasteiger partial charge in [-0.15, -0.1) is 6.58 Å². The third kappa shape index (κ3) is 14.8. The van der Waals surface area contributed by atoms with Gasteiger partial charge in [0, 0.05) is 44.2 Å². The fraction of sp³-hybridized carbons (Fsp3) is 0.583. The number of aliphatic hydroxyl groups excluding tert-OH is 2. The van der Waals surface area contributed by atoms with Crippen molar-refractivity contribution in [1.29, 1.82) is 0 Å². The molecule has 0 bridgehead atoms. The predicted molar refractivity (Wildman–Crippen MR) is 286 cm³/mol. The lowest BCUT2D eigenvalue weighted by Crippen LogP contribution is -2.70. The number of hydrogen-bond donors (Lipinski definition) is 3. The van der Waals surface area contributed by atoms with Crippen molar-refractivity contribution in [2.45, 2.75) is 173 Å². The van der Waals surface area contributed by atoms with E-state index in [4.69, 9.17) is 38.4 Å². The maximum absolute atomic E-state index is 15.2. The minimum atomic E-state index is -1.54. The van der Waals surface area contributed by atoms with Crippen LogP contribution >= 0.6 is 0 Å². The van der Waals surface area contributed by atoms with Gasteiger partial charge in [-0.05, 0) is 112 Å². The second-order valence-corrected chi connectivity index (χ2v) is 21.3. The monoisotopic (exact) mass is 1020 g/mol. The number of nitrogens with zero attached hydrogens (tertiary/aromatic N) is 2. The van der Waals surface area contributed by atoms with Gasteiger partial charge in [0.05, 0.1) is 24.8 Å². The Morgan fingerprint density at radius 2 is 1.54 bits per heavy atom. The second-order valence-electron chi connectivity index (χ2n) is 21.3. The number of aliphatic hydroxyl groups is 2. The Morgan fingerprint density at radius 3 is 2.26 bits per heavy atom. The van der Waals surface area contributed by atoms with Crippen LogP contribution in [0.15, 0.2) is 96.2 Å². The fourth-order valence-electron chi connectivity index (χ4n) is 11.2. The molecule has 2 aliphatic heterocycles. The number of rotatable bonds is 29. The largest absolute Gasteiger partial charge is 0.459 e. The first kappa shape index (κ1) is 56.2. The van der Waals surface area contributed by atoms with E-state index in [2.05, 4.69) is 24.9 Å². The molecule has 0 spiro atoms. The van der Waals surface area contributed by atoms with Crippen LogP contribution in [-0.2, 0) is 27.4 Å². The molecule has 1 fully saturated rings. The number of fused-ring (bicyclic) bond motifs is 3. The fourth-order valence-corrected chi connectivity index (χ4v) is 11.2. The van der Waals surface area contributed by atoms with Gasteiger partial charge in [0.1, 0.15) is 23.1 Å². The third-order valence-electron chi connectivity index (χ3n) is 14.7. The van der Waals surface area contributed by atoms with E-state index in [1.807, 2.05) is 81.4 Å². The van der Waals surface area contributed by atoms with E-state index in [-0.39, 0.29) is 63.9 Å². The summed E-state index contributed by atoms with van der Waals surface area (Å²) in [6.07, 6.45) is 18.9. The number of benzene rings is 3. The van der Waals surface area contributed by atoms with Crippen LogP contribution in [0.3, 0.4) is 0 Å². The van der Waals surface area contributed by atoms with Gasteiger partial charge in [0.15, 0.2) is 11.5 Å². The van der Waals surface area contributed by atoms with Crippen LogP contribution < -0.4 is 24.3 Å². The molecule has 7 rings (SSSR count). The van der Waals surface area contributed by atoms with Crippen LogP contribution in [0.1, 0.15) is 159 Å². The number of allylic oxidation sites excluding steroid dienone is 1. The Balaban J connectivity index is 1.32. The number of carbonyl (C=O) groups is 2. The van der Waals surface area contributed by atoms with Crippen molar-refractivity contribution in [3.63, 3.8) is 0 Å². The first-order chi connectivity index (χ1) is 36.0. The number of nitrogens with one attached hydrogen (secondary N) is 1. The highest BCUT2D eigenvalue weighted by Gasteiger charge is 2.66. The number of carbonyl (C=O) groups excluding carboxylic acids is 2. The van der Waals surface area contributed by atoms with E-state index in [1.54, 1.807) is 17.0 Å². The smallest absolute Gasteiger partial charge is 0.412 e. The number of ether oxygens (including phenoxy) is 6. The van der Waals surface area contributed by atoms with Gasteiger partial charge >= 0.3 is 12.2 Å². The highest BCUT2D eigenvalue weighted by atomic mass is 16.7. The maximum Gasteiger partial charge on any atom is 0.412 e. The Kier molecular flexibility index (Phi) is 21.1. The lowest BCUT2D eigenvalue weighted by molar-refractivity contribution is -0.256. The van der Waals surface area contributed by atoms with Crippen molar-refractivity contribution in [1.82, 2.24) is 10.2 Å². The first-order valence-electron chi connectivity index (χ1n) is 27.6. The molecule has 2 aliphatic carbocycles. The summed E-state index contributed by atoms with van der Waals surface area (Å²) in [4.78, 5) is 36.7. The topological polar surface area (TPSA) is 167 Å². The molecule has 0 saturated heterocycles. The van der Waals surface area contributed by atoms with Crippen molar-refractivity contribution >= 4 is 17.9 Å². The molecule has 74 heavy (non-hydrogen) atoms. The highest BCUT2D eigenvalue weighted by molar-refractivity contribution is 6.03. The van der Waals surface area contributed by atoms with Gasteiger partial charge in [-0.3, -0.25) is 4.90 Å². The van der Waals surface area contributed by atoms with E-state index in [0.29, 0.717) is 48.1 Å². The molecule has 404 valence electrons. The molecular weight excluding hydrogens is 939 g/mol. The molecule has 0 aromatic heterocycles. The lowest BCUT2D eigenvalue weighted by atomic mass is 9.55. The van der Waals surface area contributed by atoms with Crippen LogP contribution in [0.5, 0.6) is 23.0 Å². The average molecular weight is 1020 g/mol. The molecule has 3 aromatic rings. The molecule has 3 aromatic carbocycles. The van der Waals surface area contributed by atoms with Crippen LogP contribution in [-0.4, -0.2) is 83.7 Å². The van der Waals surface area contributed by atoms with Crippen molar-refractivity contribution in [3.8, 4) is 23.0 Å². The summed E-state index contributed by atoms with van der Waals surface area (Å²) < 4.78 is 38.6. The second kappa shape index (κ2) is 27.8. The standard InChI is InChI=1S/C60H83N3O11/c1-6-8-9-10-11-12-13-14-15-23-35-68-58(67)63(41-44-28-30-52-53(36-44)70-42-69-52)54-39-50(62-74-59(3,4)5)48-37-45(26-19-21-32-64)47(27-20-22-33-65)55-49-38-46(72-57(66)61-40-43-24-17-16-18-25-43)29-31-51(49)73-60(54,56(48)55)71-34-7-2/h7,16-18,24-25,28-31,36-38,45,47,54-56,64-65H,2,6,8-15,19-23,26-27,32-35,39-42H2,1,3-5H3,(H,61,66)/t45-,47+,54-,55+,56+,60+/m0/s1.